The molecule has 1 aliphatic carbocycles. The van der Waals surface area contributed by atoms with Crippen molar-refractivity contribution in [2.24, 2.45) is 11.7 Å². The predicted octanol–water partition coefficient (Wildman–Crippen LogP) is 0.711. The topological polar surface area (TPSA) is 81.4 Å². The van der Waals surface area contributed by atoms with Crippen LogP contribution in [0.4, 0.5) is 0 Å². The van der Waals surface area contributed by atoms with E-state index in [1.165, 1.54) is 13.2 Å². The van der Waals surface area contributed by atoms with Crippen molar-refractivity contribution in [2.75, 3.05) is 13.7 Å². The Hall–Kier alpha value is -1.11. The smallest absolute Gasteiger partial charge is 0.241 e. The lowest BCUT2D eigenvalue weighted by molar-refractivity contribution is 0.413. The van der Waals surface area contributed by atoms with E-state index in [0.717, 1.165) is 12.8 Å². The third kappa shape index (κ3) is 3.01. The molecule has 0 aromatic heterocycles. The van der Waals surface area contributed by atoms with Crippen molar-refractivity contribution in [3.05, 3.63) is 24.3 Å². The van der Waals surface area contributed by atoms with Gasteiger partial charge in [-0.2, -0.15) is 0 Å². The molecule has 18 heavy (non-hydrogen) atoms. The number of hydrogen-bond acceptors (Lipinski definition) is 4. The highest BCUT2D eigenvalue weighted by molar-refractivity contribution is 7.89. The van der Waals surface area contributed by atoms with Gasteiger partial charge in [-0.3, -0.25) is 0 Å². The minimum atomic E-state index is -3.52. The summed E-state index contributed by atoms with van der Waals surface area (Å²) in [5.41, 5.74) is 5.60. The average molecular weight is 270 g/mol. The highest BCUT2D eigenvalue weighted by Gasteiger charge is 2.33. The number of hydrogen-bond donors (Lipinski definition) is 2. The number of sulfonamides is 1. The summed E-state index contributed by atoms with van der Waals surface area (Å²) >= 11 is 0. The Morgan fingerprint density at radius 1 is 1.50 bits per heavy atom. The van der Waals surface area contributed by atoms with Crippen molar-refractivity contribution in [1.29, 1.82) is 0 Å². The van der Waals surface area contributed by atoms with E-state index in [4.69, 9.17) is 10.5 Å². The fourth-order valence-electron chi connectivity index (χ4n) is 1.87. The van der Waals surface area contributed by atoms with E-state index in [0.29, 0.717) is 18.2 Å². The van der Waals surface area contributed by atoms with Crippen molar-refractivity contribution in [2.45, 2.75) is 23.8 Å². The van der Waals surface area contributed by atoms with Crippen molar-refractivity contribution in [3.8, 4) is 5.75 Å². The highest BCUT2D eigenvalue weighted by atomic mass is 32.2. The second kappa shape index (κ2) is 5.26. The van der Waals surface area contributed by atoms with E-state index in [1.54, 1.807) is 18.2 Å². The zero-order chi connectivity index (χ0) is 13.2. The monoisotopic (exact) mass is 270 g/mol. The van der Waals surface area contributed by atoms with Gasteiger partial charge in [0.25, 0.3) is 0 Å². The maximum absolute atomic E-state index is 12.2. The lowest BCUT2D eigenvalue weighted by atomic mass is 10.2. The van der Waals surface area contributed by atoms with Gasteiger partial charge < -0.3 is 10.5 Å². The first-order valence-corrected chi connectivity index (χ1v) is 7.41. The molecule has 1 saturated carbocycles. The van der Waals surface area contributed by atoms with Gasteiger partial charge in [0.05, 0.1) is 12.0 Å². The number of rotatable bonds is 6. The van der Waals surface area contributed by atoms with Crippen LogP contribution >= 0.6 is 0 Å². The predicted molar refractivity (Wildman–Crippen MR) is 68.9 cm³/mol. The van der Waals surface area contributed by atoms with Gasteiger partial charge in [0.1, 0.15) is 5.75 Å². The number of benzene rings is 1. The second-order valence-corrected chi connectivity index (χ2v) is 6.19. The van der Waals surface area contributed by atoms with Crippen molar-refractivity contribution < 1.29 is 13.2 Å². The minimum absolute atomic E-state index is 0.166. The SMILES string of the molecule is COc1cccc(S(=O)(=O)NC(CN)C2CC2)c1. The second-order valence-electron chi connectivity index (χ2n) is 4.48. The molecule has 1 aromatic carbocycles. The quantitative estimate of drug-likeness (QED) is 0.797. The van der Waals surface area contributed by atoms with Crippen LogP contribution < -0.4 is 15.2 Å². The summed E-state index contributed by atoms with van der Waals surface area (Å²) in [6.45, 7) is 0.327. The van der Waals surface area contributed by atoms with Crippen LogP contribution in [0.1, 0.15) is 12.8 Å². The summed E-state index contributed by atoms with van der Waals surface area (Å²) in [5.74, 6) is 0.906. The van der Waals surface area contributed by atoms with Crippen molar-refractivity contribution >= 4 is 10.0 Å². The molecule has 1 atom stereocenters. The molecule has 1 aromatic rings. The first-order chi connectivity index (χ1) is 8.56. The van der Waals surface area contributed by atoms with Crippen LogP contribution in [-0.2, 0) is 10.0 Å². The van der Waals surface area contributed by atoms with Gasteiger partial charge in [0, 0.05) is 18.7 Å². The van der Waals surface area contributed by atoms with Gasteiger partial charge in [-0.25, -0.2) is 13.1 Å². The zero-order valence-corrected chi connectivity index (χ0v) is 11.1. The van der Waals surface area contributed by atoms with Gasteiger partial charge >= 0.3 is 0 Å². The summed E-state index contributed by atoms with van der Waals surface area (Å²) in [6, 6.07) is 6.25. The van der Waals surface area contributed by atoms with Gasteiger partial charge in [0.2, 0.25) is 10.0 Å². The first kappa shape index (κ1) is 13.3. The fourth-order valence-corrected chi connectivity index (χ4v) is 3.22. The van der Waals surface area contributed by atoms with Gasteiger partial charge in [-0.1, -0.05) is 6.07 Å². The minimum Gasteiger partial charge on any atom is -0.497 e. The van der Waals surface area contributed by atoms with E-state index in [9.17, 15) is 8.42 Å². The Morgan fingerprint density at radius 3 is 2.78 bits per heavy atom. The summed E-state index contributed by atoms with van der Waals surface area (Å²) in [4.78, 5) is 0.209. The molecular formula is C12H18N2O3S. The Labute approximate surface area is 107 Å². The van der Waals surface area contributed by atoms with Gasteiger partial charge in [0.15, 0.2) is 0 Å². The number of nitrogens with one attached hydrogen (secondary N) is 1. The van der Waals surface area contributed by atoms with Crippen LogP contribution in [0.25, 0.3) is 0 Å². The van der Waals surface area contributed by atoms with E-state index in [-0.39, 0.29) is 10.9 Å². The number of nitrogens with two attached hydrogens (primary N) is 1. The van der Waals surface area contributed by atoms with E-state index < -0.39 is 10.0 Å². The Kier molecular flexibility index (Phi) is 3.89. The number of methoxy groups -OCH3 is 1. The fraction of sp³-hybridized carbons (Fsp3) is 0.500. The highest BCUT2D eigenvalue weighted by Crippen LogP contribution is 2.33. The van der Waals surface area contributed by atoms with Gasteiger partial charge in [-0.05, 0) is 30.9 Å². The molecule has 3 N–H and O–H groups in total. The zero-order valence-electron chi connectivity index (χ0n) is 10.3. The molecule has 0 heterocycles. The van der Waals surface area contributed by atoms with E-state index in [1.807, 2.05) is 0 Å². The van der Waals surface area contributed by atoms with Crippen molar-refractivity contribution in [1.82, 2.24) is 4.72 Å². The molecular weight excluding hydrogens is 252 g/mol. The van der Waals surface area contributed by atoms with E-state index >= 15 is 0 Å². The Morgan fingerprint density at radius 2 is 2.22 bits per heavy atom. The molecule has 6 heteroatoms. The van der Waals surface area contributed by atoms with Crippen LogP contribution in [0.2, 0.25) is 0 Å². The summed E-state index contributed by atoms with van der Waals surface area (Å²) in [6.07, 6.45) is 2.09. The van der Waals surface area contributed by atoms with Crippen LogP contribution in [0.15, 0.2) is 29.2 Å². The lowest BCUT2D eigenvalue weighted by Gasteiger charge is -2.16. The molecule has 2 rings (SSSR count). The third-order valence-electron chi connectivity index (χ3n) is 3.10. The van der Waals surface area contributed by atoms with Gasteiger partial charge in [-0.15, -0.1) is 0 Å². The van der Waals surface area contributed by atoms with Crippen LogP contribution in [0, 0.1) is 5.92 Å². The van der Waals surface area contributed by atoms with Crippen LogP contribution in [0.5, 0.6) is 5.75 Å². The third-order valence-corrected chi connectivity index (χ3v) is 4.59. The first-order valence-electron chi connectivity index (χ1n) is 5.93. The lowest BCUT2D eigenvalue weighted by Crippen LogP contribution is -2.41. The van der Waals surface area contributed by atoms with Crippen LogP contribution in [0.3, 0.4) is 0 Å². The molecule has 0 radical (unpaired) electrons. The summed E-state index contributed by atoms with van der Waals surface area (Å²) in [5, 5.41) is 0. The molecule has 1 unspecified atom stereocenters. The standard InChI is InChI=1S/C12H18N2O3S/c1-17-10-3-2-4-11(7-10)18(15,16)14-12(8-13)9-5-6-9/h2-4,7,9,12,14H,5-6,8,13H2,1H3. The van der Waals surface area contributed by atoms with E-state index in [2.05, 4.69) is 4.72 Å². The molecule has 100 valence electrons. The maximum Gasteiger partial charge on any atom is 0.241 e. The normalized spacial score (nSPS) is 17.4. The Bertz CT molecular complexity index is 512. The number of ether oxygens (including phenoxy) is 1. The van der Waals surface area contributed by atoms with Crippen molar-refractivity contribution in [3.63, 3.8) is 0 Å². The summed E-state index contributed by atoms with van der Waals surface area (Å²) < 4.78 is 32.0. The molecule has 1 aliphatic rings. The molecule has 0 aliphatic heterocycles. The largest absolute Gasteiger partial charge is 0.497 e. The van der Waals surface area contributed by atoms with Crippen LogP contribution in [-0.4, -0.2) is 28.1 Å². The molecule has 5 nitrogen and oxygen atoms in total. The molecule has 0 amide bonds. The summed E-state index contributed by atoms with van der Waals surface area (Å²) in [7, 11) is -2.01. The molecule has 0 spiro atoms. The average Bonchev–Trinajstić information content (AvgIpc) is 3.20. The molecule has 1 fully saturated rings. The Balaban J connectivity index is 2.18. The molecule has 0 saturated heterocycles. The molecule has 0 bridgehead atoms. The maximum atomic E-state index is 12.2.